The molecule has 0 fully saturated rings. The normalized spacial score (nSPS) is 10.2. The lowest BCUT2D eigenvalue weighted by molar-refractivity contribution is -0.385. The minimum atomic E-state index is -1.16. The predicted molar refractivity (Wildman–Crippen MR) is 83.4 cm³/mol. The summed E-state index contributed by atoms with van der Waals surface area (Å²) in [5, 5.41) is 13.1. The van der Waals surface area contributed by atoms with Crippen LogP contribution in [0.15, 0.2) is 36.4 Å². The molecular weight excluding hydrogens is 362 g/mol. The second-order valence-corrected chi connectivity index (χ2v) is 5.11. The van der Waals surface area contributed by atoms with Gasteiger partial charge in [-0.25, -0.2) is 13.6 Å². The van der Waals surface area contributed by atoms with Crippen LogP contribution in [0, 0.1) is 21.7 Å². The minimum Gasteiger partial charge on any atom is -0.452 e. The first-order valence-corrected chi connectivity index (χ1v) is 7.01. The number of carbonyl (C=O) groups is 2. The van der Waals surface area contributed by atoms with Gasteiger partial charge in [0.25, 0.3) is 11.6 Å². The summed E-state index contributed by atoms with van der Waals surface area (Å²) >= 11 is 5.69. The number of amides is 1. The Hall–Kier alpha value is -3.07. The van der Waals surface area contributed by atoms with Crippen molar-refractivity contribution in [1.82, 2.24) is 0 Å². The molecule has 1 amide bonds. The fraction of sp³-hybridized carbons (Fsp3) is 0.0667. The van der Waals surface area contributed by atoms with Crippen LogP contribution in [0.3, 0.4) is 0 Å². The lowest BCUT2D eigenvalue weighted by Crippen LogP contribution is -2.21. The summed E-state index contributed by atoms with van der Waals surface area (Å²) in [6.45, 7) is -0.790. The number of nitro groups is 1. The number of halogens is 3. The highest BCUT2D eigenvalue weighted by Gasteiger charge is 2.22. The van der Waals surface area contributed by atoms with Crippen molar-refractivity contribution in [2.24, 2.45) is 0 Å². The van der Waals surface area contributed by atoms with Gasteiger partial charge in [-0.1, -0.05) is 11.6 Å². The highest BCUT2D eigenvalue weighted by Crippen LogP contribution is 2.23. The maximum absolute atomic E-state index is 13.0. The summed E-state index contributed by atoms with van der Waals surface area (Å²) in [4.78, 5) is 33.7. The van der Waals surface area contributed by atoms with Crippen LogP contribution in [0.1, 0.15) is 10.4 Å². The first kappa shape index (κ1) is 18.3. The Morgan fingerprint density at radius 3 is 2.52 bits per heavy atom. The zero-order valence-corrected chi connectivity index (χ0v) is 13.0. The molecule has 0 aliphatic rings. The van der Waals surface area contributed by atoms with Crippen molar-refractivity contribution in [3.8, 4) is 0 Å². The highest BCUT2D eigenvalue weighted by atomic mass is 35.5. The fourth-order valence-corrected chi connectivity index (χ4v) is 1.98. The predicted octanol–water partition coefficient (Wildman–Crippen LogP) is 3.32. The second kappa shape index (κ2) is 7.67. The van der Waals surface area contributed by atoms with Crippen molar-refractivity contribution in [3.05, 3.63) is 68.7 Å². The molecule has 0 spiro atoms. The van der Waals surface area contributed by atoms with Crippen molar-refractivity contribution < 1.29 is 28.0 Å². The number of hydrogen-bond acceptors (Lipinski definition) is 5. The molecule has 2 rings (SSSR count). The number of carbonyl (C=O) groups excluding carboxylic acids is 2. The Labute approximate surface area is 144 Å². The van der Waals surface area contributed by atoms with Crippen LogP contribution in [0.25, 0.3) is 0 Å². The Bertz CT molecular complexity index is 860. The van der Waals surface area contributed by atoms with Gasteiger partial charge in [0.2, 0.25) is 0 Å². The van der Waals surface area contributed by atoms with Gasteiger partial charge in [0.15, 0.2) is 18.2 Å². The number of nitro benzene ring substituents is 1. The number of hydrogen-bond donors (Lipinski definition) is 1. The van der Waals surface area contributed by atoms with E-state index in [0.29, 0.717) is 0 Å². The van der Waals surface area contributed by atoms with Gasteiger partial charge in [-0.05, 0) is 24.3 Å². The van der Waals surface area contributed by atoms with Crippen LogP contribution in [0.4, 0.5) is 20.2 Å². The van der Waals surface area contributed by atoms with Crippen LogP contribution >= 0.6 is 11.6 Å². The SMILES string of the molecule is O=C(COC(=O)c1cc(Cl)ccc1[N+](=O)[O-])Nc1ccc(F)c(F)c1. The molecule has 2 aromatic rings. The average Bonchev–Trinajstić information content (AvgIpc) is 2.55. The van der Waals surface area contributed by atoms with Crippen LogP contribution in [-0.2, 0) is 9.53 Å². The summed E-state index contributed by atoms with van der Waals surface area (Å²) in [7, 11) is 0. The quantitative estimate of drug-likeness (QED) is 0.494. The van der Waals surface area contributed by atoms with Gasteiger partial charge in [-0.2, -0.15) is 0 Å². The Kier molecular flexibility index (Phi) is 5.60. The summed E-state index contributed by atoms with van der Waals surface area (Å²) in [5.41, 5.74) is -0.998. The monoisotopic (exact) mass is 370 g/mol. The first-order chi connectivity index (χ1) is 11.8. The molecule has 0 saturated heterocycles. The van der Waals surface area contributed by atoms with E-state index in [1.165, 1.54) is 6.07 Å². The van der Waals surface area contributed by atoms with Crippen molar-refractivity contribution in [2.75, 3.05) is 11.9 Å². The highest BCUT2D eigenvalue weighted by molar-refractivity contribution is 6.31. The number of esters is 1. The number of anilines is 1. The van der Waals surface area contributed by atoms with E-state index in [1.54, 1.807) is 0 Å². The smallest absolute Gasteiger partial charge is 0.345 e. The third-order valence-electron chi connectivity index (χ3n) is 2.91. The van der Waals surface area contributed by atoms with Crippen LogP contribution < -0.4 is 5.32 Å². The Morgan fingerprint density at radius 1 is 1.16 bits per heavy atom. The largest absolute Gasteiger partial charge is 0.452 e. The molecule has 0 unspecified atom stereocenters. The van der Waals surface area contributed by atoms with Gasteiger partial charge in [0.1, 0.15) is 5.56 Å². The first-order valence-electron chi connectivity index (χ1n) is 6.64. The van der Waals surface area contributed by atoms with E-state index < -0.39 is 46.3 Å². The molecule has 0 aliphatic carbocycles. The molecule has 0 aliphatic heterocycles. The maximum atomic E-state index is 13.0. The van der Waals surface area contributed by atoms with E-state index in [1.807, 2.05) is 0 Å². The Balaban J connectivity index is 2.02. The fourth-order valence-electron chi connectivity index (χ4n) is 1.81. The number of nitrogens with zero attached hydrogens (tertiary/aromatic N) is 1. The zero-order valence-electron chi connectivity index (χ0n) is 12.3. The van der Waals surface area contributed by atoms with E-state index in [-0.39, 0.29) is 10.7 Å². The summed E-state index contributed by atoms with van der Waals surface area (Å²) < 4.78 is 30.5. The number of nitrogens with one attached hydrogen (secondary N) is 1. The summed E-state index contributed by atoms with van der Waals surface area (Å²) in [5.74, 6) is -4.22. The standard InChI is InChI=1S/C15H9ClF2N2O5/c16-8-1-4-13(20(23)24)10(5-8)15(22)25-7-14(21)19-9-2-3-11(17)12(18)6-9/h1-6H,7H2,(H,19,21). The van der Waals surface area contributed by atoms with Crippen LogP contribution in [0.5, 0.6) is 0 Å². The molecule has 7 nitrogen and oxygen atoms in total. The topological polar surface area (TPSA) is 98.5 Å². The van der Waals surface area contributed by atoms with E-state index >= 15 is 0 Å². The third kappa shape index (κ3) is 4.70. The van der Waals surface area contributed by atoms with Gasteiger partial charge >= 0.3 is 5.97 Å². The maximum Gasteiger partial charge on any atom is 0.345 e. The molecular formula is C15H9ClF2N2O5. The van der Waals surface area contributed by atoms with Gasteiger partial charge in [-0.3, -0.25) is 14.9 Å². The van der Waals surface area contributed by atoms with Crippen molar-refractivity contribution in [1.29, 1.82) is 0 Å². The molecule has 2 aromatic carbocycles. The molecule has 0 saturated carbocycles. The number of benzene rings is 2. The molecule has 0 radical (unpaired) electrons. The minimum absolute atomic E-state index is 0.0475. The van der Waals surface area contributed by atoms with E-state index in [2.05, 4.69) is 10.1 Å². The van der Waals surface area contributed by atoms with Gasteiger partial charge in [0.05, 0.1) is 4.92 Å². The van der Waals surface area contributed by atoms with Crippen LogP contribution in [-0.4, -0.2) is 23.4 Å². The molecule has 0 aromatic heterocycles. The average molecular weight is 371 g/mol. The molecule has 130 valence electrons. The van der Waals surface area contributed by atoms with Crippen molar-refractivity contribution in [2.45, 2.75) is 0 Å². The molecule has 10 heteroatoms. The van der Waals surface area contributed by atoms with E-state index in [0.717, 1.165) is 30.3 Å². The number of ether oxygens (including phenoxy) is 1. The third-order valence-corrected chi connectivity index (χ3v) is 3.15. The van der Waals surface area contributed by atoms with Gasteiger partial charge < -0.3 is 10.1 Å². The number of rotatable bonds is 5. The van der Waals surface area contributed by atoms with Crippen molar-refractivity contribution in [3.63, 3.8) is 0 Å². The van der Waals surface area contributed by atoms with Crippen molar-refractivity contribution >= 4 is 34.9 Å². The van der Waals surface area contributed by atoms with E-state index in [9.17, 15) is 28.5 Å². The zero-order chi connectivity index (χ0) is 18.6. The molecule has 25 heavy (non-hydrogen) atoms. The second-order valence-electron chi connectivity index (χ2n) is 4.67. The summed E-state index contributed by atoms with van der Waals surface area (Å²) in [6, 6.07) is 5.96. The van der Waals surface area contributed by atoms with Gasteiger partial charge in [0, 0.05) is 22.8 Å². The summed E-state index contributed by atoms with van der Waals surface area (Å²) in [6.07, 6.45) is 0. The lowest BCUT2D eigenvalue weighted by atomic mass is 10.2. The molecule has 0 bridgehead atoms. The molecule has 0 heterocycles. The van der Waals surface area contributed by atoms with Crippen LogP contribution in [0.2, 0.25) is 5.02 Å². The molecule has 0 atom stereocenters. The van der Waals surface area contributed by atoms with E-state index in [4.69, 9.17) is 11.6 Å². The van der Waals surface area contributed by atoms with Gasteiger partial charge in [-0.15, -0.1) is 0 Å². The lowest BCUT2D eigenvalue weighted by Gasteiger charge is -2.07. The molecule has 1 N–H and O–H groups in total. The Morgan fingerprint density at radius 2 is 1.88 bits per heavy atom.